The predicted octanol–water partition coefficient (Wildman–Crippen LogP) is -0.652. The number of aromatic amines is 2. The van der Waals surface area contributed by atoms with Crippen LogP contribution in [0.3, 0.4) is 0 Å². The Balaban J connectivity index is 1.88. The van der Waals surface area contributed by atoms with Gasteiger partial charge in [0.1, 0.15) is 0 Å². The van der Waals surface area contributed by atoms with E-state index in [0.717, 1.165) is 35.7 Å². The van der Waals surface area contributed by atoms with E-state index in [4.69, 9.17) is 0 Å². The number of amides is 2. The molecule has 136 valence electrons. The molecule has 0 aromatic carbocycles. The highest BCUT2D eigenvalue weighted by molar-refractivity contribution is 8.14. The van der Waals surface area contributed by atoms with E-state index in [1.165, 1.54) is 0 Å². The Kier molecular flexibility index (Phi) is 4.84. The largest absolute Gasteiger partial charge is 0.325 e. The summed E-state index contributed by atoms with van der Waals surface area (Å²) in [5.74, 6) is -0.290. The lowest BCUT2D eigenvalue weighted by atomic mass is 9.90. The Morgan fingerprint density at radius 3 is 2.52 bits per heavy atom. The van der Waals surface area contributed by atoms with Gasteiger partial charge in [0, 0.05) is 12.2 Å². The van der Waals surface area contributed by atoms with Crippen LogP contribution in [0.4, 0.5) is 4.79 Å². The summed E-state index contributed by atoms with van der Waals surface area (Å²) in [7, 11) is -4.22. The molecule has 1 saturated carbocycles. The molecule has 1 aliphatic carbocycles. The number of hydrogen-bond acceptors (Lipinski definition) is 7. The number of imide groups is 1. The van der Waals surface area contributed by atoms with Crippen molar-refractivity contribution in [1.82, 2.24) is 19.6 Å². The van der Waals surface area contributed by atoms with E-state index in [9.17, 15) is 27.6 Å². The molecule has 2 heterocycles. The zero-order valence-corrected chi connectivity index (χ0v) is 14.6. The molecule has 0 radical (unpaired) electrons. The Morgan fingerprint density at radius 2 is 1.88 bits per heavy atom. The Morgan fingerprint density at radius 1 is 1.16 bits per heavy atom. The molecular weight excluding hydrogens is 372 g/mol. The third kappa shape index (κ3) is 3.55. The first-order valence-electron chi connectivity index (χ1n) is 7.63. The monoisotopic (exact) mass is 388 g/mol. The molecule has 10 nitrogen and oxygen atoms in total. The number of sulfonamides is 1. The average molecular weight is 388 g/mol. The summed E-state index contributed by atoms with van der Waals surface area (Å²) >= 11 is 0.893. The van der Waals surface area contributed by atoms with Gasteiger partial charge in [-0.15, -0.1) is 0 Å². The molecule has 2 aliphatic rings. The molecule has 3 rings (SSSR count). The van der Waals surface area contributed by atoms with E-state index in [1.54, 1.807) is 0 Å². The maximum Gasteiger partial charge on any atom is 0.325 e. The van der Waals surface area contributed by atoms with E-state index >= 15 is 0 Å². The molecule has 1 saturated heterocycles. The van der Waals surface area contributed by atoms with Crippen molar-refractivity contribution in [3.8, 4) is 0 Å². The molecule has 1 aromatic rings. The summed E-state index contributed by atoms with van der Waals surface area (Å²) in [5.41, 5.74) is -1.85. The van der Waals surface area contributed by atoms with Crippen LogP contribution in [0, 0.1) is 0 Å². The first-order valence-corrected chi connectivity index (χ1v) is 10.1. The van der Waals surface area contributed by atoms with Gasteiger partial charge < -0.3 is 4.98 Å². The zero-order chi connectivity index (χ0) is 18.2. The molecular formula is C13H16N4O6S2. The second-order valence-electron chi connectivity index (χ2n) is 5.83. The molecule has 2 atom stereocenters. The number of nitrogens with one attached hydrogen (secondary N) is 3. The summed E-state index contributed by atoms with van der Waals surface area (Å²) in [6, 6.07) is -1.27. The van der Waals surface area contributed by atoms with E-state index in [-0.39, 0.29) is 16.9 Å². The normalized spacial score (nSPS) is 24.7. The van der Waals surface area contributed by atoms with E-state index in [2.05, 4.69) is 9.71 Å². The summed E-state index contributed by atoms with van der Waals surface area (Å²) in [6.45, 7) is 0. The average Bonchev–Trinajstić information content (AvgIpc) is 2.86. The van der Waals surface area contributed by atoms with Crippen LogP contribution in [0.15, 0.2) is 20.7 Å². The van der Waals surface area contributed by atoms with Crippen LogP contribution in [0.1, 0.15) is 25.7 Å². The third-order valence-electron chi connectivity index (χ3n) is 4.23. The first-order chi connectivity index (χ1) is 11.8. The SMILES string of the molecule is O=C1CSC(=O)N1[C@@H]1CCCC[C@H]1NS(=O)(=O)c1c[nH]c(=O)[nH]c1=O. The fourth-order valence-corrected chi connectivity index (χ4v) is 5.17. The molecule has 0 spiro atoms. The van der Waals surface area contributed by atoms with Crippen LogP contribution < -0.4 is 16.0 Å². The van der Waals surface area contributed by atoms with Gasteiger partial charge in [0.15, 0.2) is 4.90 Å². The van der Waals surface area contributed by atoms with Gasteiger partial charge in [0.05, 0.1) is 11.8 Å². The van der Waals surface area contributed by atoms with Crippen molar-refractivity contribution in [3.63, 3.8) is 0 Å². The quantitative estimate of drug-likeness (QED) is 0.620. The fraction of sp³-hybridized carbons (Fsp3) is 0.538. The van der Waals surface area contributed by atoms with Gasteiger partial charge in [-0.05, 0) is 12.8 Å². The van der Waals surface area contributed by atoms with Crippen LogP contribution in [0.5, 0.6) is 0 Å². The summed E-state index contributed by atoms with van der Waals surface area (Å²) < 4.78 is 27.4. The van der Waals surface area contributed by atoms with Crippen molar-refractivity contribution in [2.75, 3.05) is 5.75 Å². The van der Waals surface area contributed by atoms with Crippen molar-refractivity contribution in [2.24, 2.45) is 0 Å². The molecule has 25 heavy (non-hydrogen) atoms. The number of nitrogens with zero attached hydrogens (tertiary/aromatic N) is 1. The maximum atomic E-state index is 12.5. The first kappa shape index (κ1) is 17.9. The van der Waals surface area contributed by atoms with Crippen LogP contribution in [0.25, 0.3) is 0 Å². The van der Waals surface area contributed by atoms with E-state index in [1.807, 2.05) is 4.98 Å². The number of aromatic nitrogens is 2. The van der Waals surface area contributed by atoms with Gasteiger partial charge in [-0.3, -0.25) is 24.3 Å². The van der Waals surface area contributed by atoms with Crippen molar-refractivity contribution in [2.45, 2.75) is 42.7 Å². The molecule has 1 aromatic heterocycles. The summed E-state index contributed by atoms with van der Waals surface area (Å²) in [6.07, 6.45) is 3.25. The number of thioether (sulfide) groups is 1. The number of carbonyl (C=O) groups excluding carboxylic acids is 2. The molecule has 0 unspecified atom stereocenters. The molecule has 2 amide bonds. The minimum Gasteiger partial charge on any atom is -0.313 e. The highest BCUT2D eigenvalue weighted by atomic mass is 32.2. The molecule has 0 bridgehead atoms. The standard InChI is InChI=1S/C13H16N4O6S2/c18-10-6-24-13(21)17(10)8-4-2-1-3-7(8)16-25(22,23)9-5-14-12(20)15-11(9)19/h5,7-8,16H,1-4,6H2,(H2,14,15,19,20)/t7-,8-/m1/s1. The topological polar surface area (TPSA) is 149 Å². The van der Waals surface area contributed by atoms with Crippen LogP contribution >= 0.6 is 11.8 Å². The Bertz CT molecular complexity index is 905. The second-order valence-corrected chi connectivity index (χ2v) is 8.44. The minimum atomic E-state index is -4.22. The predicted molar refractivity (Wildman–Crippen MR) is 88.7 cm³/mol. The third-order valence-corrected chi connectivity index (χ3v) is 6.56. The smallest absolute Gasteiger partial charge is 0.313 e. The fourth-order valence-electron chi connectivity index (χ4n) is 3.10. The van der Waals surface area contributed by atoms with E-state index in [0.29, 0.717) is 12.8 Å². The van der Waals surface area contributed by atoms with Gasteiger partial charge in [0.2, 0.25) is 15.9 Å². The number of rotatable bonds is 4. The lowest BCUT2D eigenvalue weighted by Gasteiger charge is -2.36. The lowest BCUT2D eigenvalue weighted by molar-refractivity contribution is -0.127. The Labute approximate surface area is 146 Å². The van der Waals surface area contributed by atoms with Crippen molar-refractivity contribution in [3.05, 3.63) is 27.0 Å². The number of carbonyl (C=O) groups is 2. The Hall–Kier alpha value is -1.92. The van der Waals surface area contributed by atoms with Gasteiger partial charge >= 0.3 is 5.69 Å². The van der Waals surface area contributed by atoms with Crippen LogP contribution in [-0.4, -0.2) is 52.3 Å². The lowest BCUT2D eigenvalue weighted by Crippen LogP contribution is -2.55. The summed E-state index contributed by atoms with van der Waals surface area (Å²) in [4.78, 5) is 51.2. The highest BCUT2D eigenvalue weighted by Gasteiger charge is 2.42. The highest BCUT2D eigenvalue weighted by Crippen LogP contribution is 2.30. The maximum absolute atomic E-state index is 12.5. The van der Waals surface area contributed by atoms with Crippen molar-refractivity contribution < 1.29 is 18.0 Å². The summed E-state index contributed by atoms with van der Waals surface area (Å²) in [5, 5.41) is -0.386. The van der Waals surface area contributed by atoms with Crippen molar-refractivity contribution in [1.29, 1.82) is 0 Å². The zero-order valence-electron chi connectivity index (χ0n) is 13.0. The number of hydrogen-bond donors (Lipinski definition) is 3. The molecule has 2 fully saturated rings. The van der Waals surface area contributed by atoms with Gasteiger partial charge in [-0.1, -0.05) is 24.6 Å². The van der Waals surface area contributed by atoms with Crippen molar-refractivity contribution >= 4 is 32.9 Å². The number of H-pyrrole nitrogens is 2. The second kappa shape index (κ2) is 6.77. The van der Waals surface area contributed by atoms with Gasteiger partial charge in [-0.25, -0.2) is 17.9 Å². The molecule has 1 aliphatic heterocycles. The van der Waals surface area contributed by atoms with Gasteiger partial charge in [0.25, 0.3) is 10.8 Å². The minimum absolute atomic E-state index is 0.0500. The molecule has 3 N–H and O–H groups in total. The molecule has 12 heteroatoms. The van der Waals surface area contributed by atoms with Crippen LogP contribution in [0.2, 0.25) is 0 Å². The van der Waals surface area contributed by atoms with Gasteiger partial charge in [-0.2, -0.15) is 0 Å². The van der Waals surface area contributed by atoms with Crippen LogP contribution in [-0.2, 0) is 14.8 Å². The van der Waals surface area contributed by atoms with E-state index < -0.39 is 38.3 Å².